The Balaban J connectivity index is 1.77. The van der Waals surface area contributed by atoms with Crippen LogP contribution in [0.3, 0.4) is 0 Å². The van der Waals surface area contributed by atoms with Crippen LogP contribution in [0.4, 0.5) is 11.6 Å². The van der Waals surface area contributed by atoms with Gasteiger partial charge >= 0.3 is 11.8 Å². The monoisotopic (exact) mass is 271 g/mol. The molecular weight excluding hydrogens is 258 g/mol. The third-order valence-corrected chi connectivity index (χ3v) is 3.26. The van der Waals surface area contributed by atoms with Gasteiger partial charge in [0.2, 0.25) is 5.95 Å². The van der Waals surface area contributed by atoms with Gasteiger partial charge in [-0.2, -0.15) is 10.1 Å². The van der Waals surface area contributed by atoms with Crippen LogP contribution in [0.25, 0.3) is 0 Å². The molecule has 7 heteroatoms. The number of carbonyl (C=O) groups excluding carboxylic acids is 2. The van der Waals surface area contributed by atoms with Gasteiger partial charge in [-0.25, -0.2) is 4.68 Å². The average molecular weight is 271 g/mol. The Bertz CT molecular complexity index is 679. The number of fused-ring (bicyclic) bond motifs is 1. The summed E-state index contributed by atoms with van der Waals surface area (Å²) in [5.74, 6) is -1.05. The number of aromatic nitrogens is 3. The van der Waals surface area contributed by atoms with Crippen molar-refractivity contribution in [2.75, 3.05) is 16.8 Å². The van der Waals surface area contributed by atoms with Gasteiger partial charge in [0.15, 0.2) is 0 Å². The summed E-state index contributed by atoms with van der Waals surface area (Å²) in [6.07, 6.45) is 2.07. The van der Waals surface area contributed by atoms with E-state index in [2.05, 4.69) is 15.4 Å². The fraction of sp³-hybridized carbons (Fsp3) is 0.231. The highest BCUT2D eigenvalue weighted by atomic mass is 16.2. The number of para-hydroxylation sites is 1. The summed E-state index contributed by atoms with van der Waals surface area (Å²) in [6, 6.07) is 7.58. The Kier molecular flexibility index (Phi) is 2.94. The zero-order valence-corrected chi connectivity index (χ0v) is 10.9. The lowest BCUT2D eigenvalue weighted by atomic mass is 10.2. The second-order valence-electron chi connectivity index (χ2n) is 4.50. The largest absolute Gasteiger partial charge is 0.316 e. The van der Waals surface area contributed by atoms with Crippen molar-refractivity contribution in [2.45, 2.75) is 6.42 Å². The van der Waals surface area contributed by atoms with Crippen molar-refractivity contribution in [1.82, 2.24) is 14.8 Å². The van der Waals surface area contributed by atoms with Crippen LogP contribution in [0.15, 0.2) is 30.6 Å². The quantitative estimate of drug-likeness (QED) is 0.759. The number of carbonyl (C=O) groups is 2. The summed E-state index contributed by atoms with van der Waals surface area (Å²) in [7, 11) is 1.64. The van der Waals surface area contributed by atoms with Crippen molar-refractivity contribution < 1.29 is 9.59 Å². The lowest BCUT2D eigenvalue weighted by Gasteiger charge is -2.16. The van der Waals surface area contributed by atoms with Gasteiger partial charge in [0.25, 0.3) is 0 Å². The van der Waals surface area contributed by atoms with Gasteiger partial charge in [0, 0.05) is 19.3 Å². The number of hydrogen-bond acceptors (Lipinski definition) is 4. The van der Waals surface area contributed by atoms with Crippen molar-refractivity contribution in [3.63, 3.8) is 0 Å². The molecule has 0 fully saturated rings. The first kappa shape index (κ1) is 12.3. The van der Waals surface area contributed by atoms with E-state index in [9.17, 15) is 9.59 Å². The highest BCUT2D eigenvalue weighted by Crippen LogP contribution is 2.27. The lowest BCUT2D eigenvalue weighted by Crippen LogP contribution is -2.39. The lowest BCUT2D eigenvalue weighted by molar-refractivity contribution is -0.134. The molecule has 0 atom stereocenters. The maximum absolute atomic E-state index is 12.2. The Morgan fingerprint density at radius 2 is 2.10 bits per heavy atom. The first-order valence-corrected chi connectivity index (χ1v) is 6.21. The predicted molar refractivity (Wildman–Crippen MR) is 72.1 cm³/mol. The molecule has 2 aromatic rings. The molecule has 0 unspecified atom stereocenters. The molecule has 3 rings (SSSR count). The molecule has 0 bridgehead atoms. The summed E-state index contributed by atoms with van der Waals surface area (Å²) in [5.41, 5.74) is 1.87. The number of nitrogens with one attached hydrogen (secondary N) is 1. The van der Waals surface area contributed by atoms with E-state index < -0.39 is 11.8 Å². The normalized spacial score (nSPS) is 13.2. The molecule has 0 radical (unpaired) electrons. The molecule has 2 amide bonds. The van der Waals surface area contributed by atoms with Crippen LogP contribution in [-0.4, -0.2) is 33.1 Å². The summed E-state index contributed by atoms with van der Waals surface area (Å²) in [4.78, 5) is 29.5. The molecule has 0 spiro atoms. The van der Waals surface area contributed by atoms with Gasteiger partial charge in [0.05, 0.1) is 0 Å². The Hall–Kier alpha value is -2.70. The van der Waals surface area contributed by atoms with E-state index in [4.69, 9.17) is 0 Å². The molecular formula is C13H13N5O2. The van der Waals surface area contributed by atoms with E-state index in [1.807, 2.05) is 24.3 Å². The zero-order chi connectivity index (χ0) is 14.1. The smallest absolute Gasteiger partial charge is 0.304 e. The second kappa shape index (κ2) is 4.76. The number of aryl methyl sites for hydroxylation is 1. The van der Waals surface area contributed by atoms with Crippen molar-refractivity contribution in [3.8, 4) is 0 Å². The maximum Gasteiger partial charge on any atom is 0.316 e. The van der Waals surface area contributed by atoms with E-state index in [1.165, 1.54) is 15.9 Å². The van der Waals surface area contributed by atoms with Gasteiger partial charge in [-0.15, -0.1) is 0 Å². The number of hydrogen-bond donors (Lipinski definition) is 1. The molecule has 0 saturated heterocycles. The number of amides is 2. The molecule has 7 nitrogen and oxygen atoms in total. The molecule has 1 aliphatic rings. The second-order valence-corrected chi connectivity index (χ2v) is 4.50. The van der Waals surface area contributed by atoms with Crippen molar-refractivity contribution >= 4 is 23.5 Å². The van der Waals surface area contributed by atoms with Crippen LogP contribution in [0.5, 0.6) is 0 Å². The third kappa shape index (κ3) is 2.03. The van der Waals surface area contributed by atoms with Crippen LogP contribution in [0.1, 0.15) is 5.56 Å². The SMILES string of the molecule is Cn1ncnc1NC(=O)C(=O)N1CCc2ccccc21. The minimum Gasteiger partial charge on any atom is -0.304 e. The van der Waals surface area contributed by atoms with Crippen LogP contribution >= 0.6 is 0 Å². The van der Waals surface area contributed by atoms with Crippen molar-refractivity contribution in [1.29, 1.82) is 0 Å². The molecule has 1 N–H and O–H groups in total. The minimum atomic E-state index is -0.710. The summed E-state index contributed by atoms with van der Waals surface area (Å²) in [6.45, 7) is 0.518. The first-order valence-electron chi connectivity index (χ1n) is 6.21. The van der Waals surface area contributed by atoms with Crippen molar-refractivity contribution in [2.24, 2.45) is 7.05 Å². The summed E-state index contributed by atoms with van der Waals surface area (Å²) < 4.78 is 1.39. The molecule has 1 aromatic heterocycles. The van der Waals surface area contributed by atoms with Crippen LogP contribution in [-0.2, 0) is 23.1 Å². The minimum absolute atomic E-state index is 0.246. The van der Waals surface area contributed by atoms with E-state index in [1.54, 1.807) is 7.05 Å². The fourth-order valence-corrected chi connectivity index (χ4v) is 2.24. The topological polar surface area (TPSA) is 80.1 Å². The number of benzene rings is 1. The molecule has 0 saturated carbocycles. The third-order valence-electron chi connectivity index (χ3n) is 3.26. The standard InChI is InChI=1S/C13H13N5O2/c1-17-13(14-8-15-17)16-11(19)12(20)18-7-6-9-4-2-3-5-10(9)18/h2-5,8H,6-7H2,1H3,(H,14,15,16,19). The van der Waals surface area contributed by atoms with Gasteiger partial charge in [-0.1, -0.05) is 18.2 Å². The summed E-state index contributed by atoms with van der Waals surface area (Å²) in [5, 5.41) is 6.29. The Morgan fingerprint density at radius 3 is 2.85 bits per heavy atom. The molecule has 2 heterocycles. The van der Waals surface area contributed by atoms with E-state index in [-0.39, 0.29) is 5.95 Å². The number of rotatable bonds is 1. The van der Waals surface area contributed by atoms with Crippen LogP contribution in [0.2, 0.25) is 0 Å². The summed E-state index contributed by atoms with van der Waals surface area (Å²) >= 11 is 0. The first-order chi connectivity index (χ1) is 9.66. The van der Waals surface area contributed by atoms with E-state index in [0.717, 1.165) is 17.7 Å². The highest BCUT2D eigenvalue weighted by molar-refractivity contribution is 6.44. The van der Waals surface area contributed by atoms with E-state index >= 15 is 0 Å². The van der Waals surface area contributed by atoms with Crippen molar-refractivity contribution in [3.05, 3.63) is 36.2 Å². The molecule has 102 valence electrons. The van der Waals surface area contributed by atoms with Gasteiger partial charge in [-0.3, -0.25) is 14.9 Å². The van der Waals surface area contributed by atoms with Crippen LogP contribution < -0.4 is 10.2 Å². The Morgan fingerprint density at radius 1 is 1.30 bits per heavy atom. The zero-order valence-electron chi connectivity index (χ0n) is 10.9. The molecule has 1 aromatic carbocycles. The van der Waals surface area contributed by atoms with E-state index in [0.29, 0.717) is 6.54 Å². The van der Waals surface area contributed by atoms with Gasteiger partial charge in [0.1, 0.15) is 6.33 Å². The highest BCUT2D eigenvalue weighted by Gasteiger charge is 2.29. The Labute approximate surface area is 115 Å². The van der Waals surface area contributed by atoms with Gasteiger partial charge in [-0.05, 0) is 18.1 Å². The van der Waals surface area contributed by atoms with Crippen LogP contribution in [0, 0.1) is 0 Å². The fourth-order valence-electron chi connectivity index (χ4n) is 2.24. The molecule has 20 heavy (non-hydrogen) atoms. The predicted octanol–water partition coefficient (Wildman–Crippen LogP) is 0.343. The number of nitrogens with zero attached hydrogens (tertiary/aromatic N) is 4. The maximum atomic E-state index is 12.2. The average Bonchev–Trinajstić information content (AvgIpc) is 3.05. The molecule has 0 aliphatic carbocycles. The van der Waals surface area contributed by atoms with Gasteiger partial charge < -0.3 is 4.90 Å². The number of anilines is 2. The molecule has 1 aliphatic heterocycles.